The van der Waals surface area contributed by atoms with Crippen LogP contribution in [-0.4, -0.2) is 25.5 Å². The molecular weight excluding hydrogens is 250 g/mol. The molecule has 2 N–H and O–H groups in total. The SMILES string of the molecule is CC1(Nc2nc(Cl)nc3nc[nH]c23)CCCCC1. The van der Waals surface area contributed by atoms with Crippen molar-refractivity contribution in [1.29, 1.82) is 0 Å². The third-order valence-corrected chi connectivity index (χ3v) is 3.80. The molecule has 1 saturated carbocycles. The average molecular weight is 266 g/mol. The van der Waals surface area contributed by atoms with Crippen LogP contribution in [0.15, 0.2) is 6.33 Å². The van der Waals surface area contributed by atoms with Crippen LogP contribution in [0.25, 0.3) is 11.2 Å². The highest BCUT2D eigenvalue weighted by Gasteiger charge is 2.28. The second-order valence-electron chi connectivity index (χ2n) is 5.19. The van der Waals surface area contributed by atoms with Crippen molar-refractivity contribution in [3.05, 3.63) is 11.6 Å². The molecule has 0 amide bonds. The quantitative estimate of drug-likeness (QED) is 0.819. The van der Waals surface area contributed by atoms with Gasteiger partial charge >= 0.3 is 0 Å². The maximum Gasteiger partial charge on any atom is 0.226 e. The van der Waals surface area contributed by atoms with Crippen molar-refractivity contribution in [2.75, 3.05) is 5.32 Å². The molecule has 3 rings (SSSR count). The summed E-state index contributed by atoms with van der Waals surface area (Å²) in [6.45, 7) is 2.24. The molecule has 6 heteroatoms. The summed E-state index contributed by atoms with van der Waals surface area (Å²) in [6.07, 6.45) is 7.77. The molecule has 2 aromatic heterocycles. The van der Waals surface area contributed by atoms with Crippen molar-refractivity contribution in [3.8, 4) is 0 Å². The first-order valence-corrected chi connectivity index (χ1v) is 6.69. The summed E-state index contributed by atoms with van der Waals surface area (Å²) in [7, 11) is 0. The molecule has 0 unspecified atom stereocenters. The minimum Gasteiger partial charge on any atom is -0.363 e. The van der Waals surface area contributed by atoms with Crippen molar-refractivity contribution in [2.24, 2.45) is 0 Å². The van der Waals surface area contributed by atoms with Gasteiger partial charge in [0.25, 0.3) is 0 Å². The van der Waals surface area contributed by atoms with E-state index in [0.717, 1.165) is 24.2 Å². The lowest BCUT2D eigenvalue weighted by Crippen LogP contribution is -2.37. The fourth-order valence-electron chi connectivity index (χ4n) is 2.64. The predicted octanol–water partition coefficient (Wildman–Crippen LogP) is 3.14. The summed E-state index contributed by atoms with van der Waals surface area (Å²) in [4.78, 5) is 15.6. The van der Waals surface area contributed by atoms with Gasteiger partial charge in [-0.15, -0.1) is 0 Å². The fourth-order valence-corrected chi connectivity index (χ4v) is 2.80. The third-order valence-electron chi connectivity index (χ3n) is 3.64. The maximum absolute atomic E-state index is 5.93. The Labute approximate surface area is 110 Å². The number of hydrogen-bond donors (Lipinski definition) is 2. The minimum absolute atomic E-state index is 0.0912. The number of fused-ring (bicyclic) bond motifs is 1. The van der Waals surface area contributed by atoms with Crippen molar-refractivity contribution in [1.82, 2.24) is 19.9 Å². The van der Waals surface area contributed by atoms with Crippen LogP contribution in [0.1, 0.15) is 39.0 Å². The van der Waals surface area contributed by atoms with Crippen LogP contribution in [0.3, 0.4) is 0 Å². The minimum atomic E-state index is 0.0912. The van der Waals surface area contributed by atoms with Crippen LogP contribution < -0.4 is 5.32 Å². The van der Waals surface area contributed by atoms with E-state index in [1.54, 1.807) is 6.33 Å². The molecule has 0 bridgehead atoms. The van der Waals surface area contributed by atoms with E-state index >= 15 is 0 Å². The molecular formula is C12H16ClN5. The van der Waals surface area contributed by atoms with E-state index in [2.05, 4.69) is 32.2 Å². The number of halogens is 1. The molecule has 1 aliphatic rings. The van der Waals surface area contributed by atoms with Crippen LogP contribution >= 0.6 is 11.6 Å². The highest BCUT2D eigenvalue weighted by molar-refractivity contribution is 6.28. The third kappa shape index (κ3) is 2.14. The van der Waals surface area contributed by atoms with Crippen molar-refractivity contribution < 1.29 is 0 Å². The summed E-state index contributed by atoms with van der Waals surface area (Å²) in [5, 5.41) is 3.75. The molecule has 1 fully saturated rings. The van der Waals surface area contributed by atoms with Gasteiger partial charge in [-0.1, -0.05) is 19.3 Å². The van der Waals surface area contributed by atoms with Gasteiger partial charge in [-0.05, 0) is 31.4 Å². The Morgan fingerprint density at radius 1 is 1.28 bits per heavy atom. The number of nitrogens with one attached hydrogen (secondary N) is 2. The normalized spacial score (nSPS) is 19.0. The van der Waals surface area contributed by atoms with Gasteiger partial charge in [0.1, 0.15) is 5.52 Å². The standard InChI is InChI=1S/C12H16ClN5/c1-12(5-3-2-4-6-12)18-10-8-9(15-7-14-8)16-11(13)17-10/h7H,2-6H2,1H3,(H2,14,15,16,17,18). The van der Waals surface area contributed by atoms with Gasteiger partial charge in [0.05, 0.1) is 6.33 Å². The monoisotopic (exact) mass is 265 g/mol. The molecule has 5 nitrogen and oxygen atoms in total. The number of rotatable bonds is 2. The summed E-state index contributed by atoms with van der Waals surface area (Å²) in [5.41, 5.74) is 1.52. The number of aromatic nitrogens is 4. The Kier molecular flexibility index (Phi) is 2.86. The zero-order valence-electron chi connectivity index (χ0n) is 10.3. The first-order valence-electron chi connectivity index (χ1n) is 6.31. The summed E-state index contributed by atoms with van der Waals surface area (Å²) in [6, 6.07) is 0. The van der Waals surface area contributed by atoms with Crippen LogP contribution in [-0.2, 0) is 0 Å². The van der Waals surface area contributed by atoms with E-state index in [9.17, 15) is 0 Å². The molecule has 2 aromatic rings. The van der Waals surface area contributed by atoms with Crippen LogP contribution in [0, 0.1) is 0 Å². The molecule has 0 spiro atoms. The number of H-pyrrole nitrogens is 1. The highest BCUT2D eigenvalue weighted by atomic mass is 35.5. The Morgan fingerprint density at radius 3 is 2.83 bits per heavy atom. The molecule has 0 atom stereocenters. The molecule has 18 heavy (non-hydrogen) atoms. The summed E-state index contributed by atoms with van der Waals surface area (Å²) in [5.74, 6) is 0.756. The lowest BCUT2D eigenvalue weighted by Gasteiger charge is -2.35. The van der Waals surface area contributed by atoms with Gasteiger partial charge in [-0.25, -0.2) is 4.98 Å². The van der Waals surface area contributed by atoms with Crippen LogP contribution in [0.5, 0.6) is 0 Å². The number of imidazole rings is 1. The maximum atomic E-state index is 5.93. The van der Waals surface area contributed by atoms with Gasteiger partial charge in [0.2, 0.25) is 5.28 Å². The van der Waals surface area contributed by atoms with E-state index in [1.165, 1.54) is 19.3 Å². The zero-order chi connectivity index (χ0) is 12.6. The molecule has 0 aromatic carbocycles. The molecule has 2 heterocycles. The fraction of sp³-hybridized carbons (Fsp3) is 0.583. The molecule has 96 valence electrons. The highest BCUT2D eigenvalue weighted by Crippen LogP contribution is 2.32. The van der Waals surface area contributed by atoms with Crippen molar-refractivity contribution in [2.45, 2.75) is 44.6 Å². The molecule has 0 aliphatic heterocycles. The largest absolute Gasteiger partial charge is 0.363 e. The lowest BCUT2D eigenvalue weighted by atomic mass is 9.83. The summed E-state index contributed by atoms with van der Waals surface area (Å²) >= 11 is 5.93. The Bertz CT molecular complexity index is 559. The van der Waals surface area contributed by atoms with E-state index in [-0.39, 0.29) is 10.8 Å². The molecule has 0 saturated heterocycles. The van der Waals surface area contributed by atoms with Gasteiger partial charge in [-0.2, -0.15) is 9.97 Å². The van der Waals surface area contributed by atoms with E-state index in [1.807, 2.05) is 0 Å². The van der Waals surface area contributed by atoms with Gasteiger partial charge < -0.3 is 10.3 Å². The van der Waals surface area contributed by atoms with Crippen LogP contribution in [0.4, 0.5) is 5.82 Å². The predicted molar refractivity (Wildman–Crippen MR) is 71.8 cm³/mol. The van der Waals surface area contributed by atoms with Gasteiger partial charge in [0, 0.05) is 5.54 Å². The zero-order valence-corrected chi connectivity index (χ0v) is 11.1. The van der Waals surface area contributed by atoms with E-state index < -0.39 is 0 Å². The Balaban J connectivity index is 1.96. The second-order valence-corrected chi connectivity index (χ2v) is 5.53. The Morgan fingerprint density at radius 2 is 2.06 bits per heavy atom. The van der Waals surface area contributed by atoms with E-state index in [0.29, 0.717) is 5.65 Å². The first-order chi connectivity index (χ1) is 8.66. The number of anilines is 1. The van der Waals surface area contributed by atoms with Crippen molar-refractivity contribution >= 4 is 28.6 Å². The topological polar surface area (TPSA) is 66.5 Å². The Hall–Kier alpha value is -1.36. The number of hydrogen-bond acceptors (Lipinski definition) is 4. The first kappa shape index (κ1) is 11.7. The molecule has 1 aliphatic carbocycles. The van der Waals surface area contributed by atoms with Gasteiger partial charge in [-0.3, -0.25) is 0 Å². The summed E-state index contributed by atoms with van der Waals surface area (Å²) < 4.78 is 0. The number of nitrogens with zero attached hydrogens (tertiary/aromatic N) is 3. The average Bonchev–Trinajstić information content (AvgIpc) is 2.77. The van der Waals surface area contributed by atoms with Gasteiger partial charge in [0.15, 0.2) is 11.5 Å². The van der Waals surface area contributed by atoms with Crippen molar-refractivity contribution in [3.63, 3.8) is 0 Å². The lowest BCUT2D eigenvalue weighted by molar-refractivity contribution is 0.349. The van der Waals surface area contributed by atoms with E-state index in [4.69, 9.17) is 11.6 Å². The van der Waals surface area contributed by atoms with Crippen LogP contribution in [0.2, 0.25) is 5.28 Å². The molecule has 0 radical (unpaired) electrons. The number of aromatic amines is 1. The second kappa shape index (κ2) is 4.39. The smallest absolute Gasteiger partial charge is 0.226 e.